The summed E-state index contributed by atoms with van der Waals surface area (Å²) in [6, 6.07) is 16.2. The molecule has 0 spiro atoms. The molecule has 0 radical (unpaired) electrons. The zero-order valence-corrected chi connectivity index (χ0v) is 11.2. The minimum Gasteiger partial charge on any atom is -0.292 e. The number of benzene rings is 2. The molecule has 2 aromatic carbocycles. The van der Waals surface area contributed by atoms with Gasteiger partial charge in [0.15, 0.2) is 5.78 Å². The van der Waals surface area contributed by atoms with E-state index in [0.29, 0.717) is 16.1 Å². The van der Waals surface area contributed by atoms with Crippen LogP contribution < -0.4 is 0 Å². The number of carbonyl (C=O) groups is 1. The maximum Gasteiger partial charge on any atom is 0.184 e. The van der Waals surface area contributed by atoms with E-state index in [1.54, 1.807) is 30.3 Å². The van der Waals surface area contributed by atoms with Crippen molar-refractivity contribution in [2.75, 3.05) is 0 Å². The molecule has 0 fully saturated rings. The summed E-state index contributed by atoms with van der Waals surface area (Å²) in [5, 5.41) is 9.77. The van der Waals surface area contributed by atoms with Crippen LogP contribution in [-0.4, -0.2) is 5.78 Å². The fourth-order valence-electron chi connectivity index (χ4n) is 1.84. The number of halogens is 1. The van der Waals surface area contributed by atoms with Gasteiger partial charge in [0, 0.05) is 10.6 Å². The zero-order valence-electron chi connectivity index (χ0n) is 10.4. The van der Waals surface area contributed by atoms with Crippen LogP contribution in [0.15, 0.2) is 48.5 Å². The summed E-state index contributed by atoms with van der Waals surface area (Å²) < 4.78 is 0. The van der Waals surface area contributed by atoms with Crippen LogP contribution in [0.3, 0.4) is 0 Å². The average Bonchev–Trinajstić information content (AvgIpc) is 2.44. The number of ketones is 1. The van der Waals surface area contributed by atoms with Crippen molar-refractivity contribution >= 4 is 17.4 Å². The van der Waals surface area contributed by atoms with E-state index in [4.69, 9.17) is 11.6 Å². The molecule has 0 aliphatic rings. The highest BCUT2D eigenvalue weighted by atomic mass is 35.5. The van der Waals surface area contributed by atoms with Crippen LogP contribution in [0.5, 0.6) is 0 Å². The number of rotatable bonds is 3. The Hall–Kier alpha value is -2.11. The van der Waals surface area contributed by atoms with Gasteiger partial charge in [0.1, 0.15) is 5.92 Å². The molecule has 1 atom stereocenters. The maximum atomic E-state index is 12.4. The highest BCUT2D eigenvalue weighted by Crippen LogP contribution is 2.23. The third kappa shape index (κ3) is 2.83. The van der Waals surface area contributed by atoms with E-state index in [0.717, 1.165) is 5.56 Å². The van der Waals surface area contributed by atoms with Crippen LogP contribution >= 0.6 is 11.6 Å². The molecule has 94 valence electrons. The van der Waals surface area contributed by atoms with E-state index in [2.05, 4.69) is 6.07 Å². The lowest BCUT2D eigenvalue weighted by molar-refractivity contribution is 0.0979. The van der Waals surface area contributed by atoms with Crippen LogP contribution in [0, 0.1) is 18.3 Å². The predicted molar refractivity (Wildman–Crippen MR) is 75.3 cm³/mol. The molecule has 0 aromatic heterocycles. The summed E-state index contributed by atoms with van der Waals surface area (Å²) >= 11 is 6.02. The van der Waals surface area contributed by atoms with Crippen molar-refractivity contribution in [3.05, 3.63) is 70.2 Å². The first kappa shape index (κ1) is 13.3. The number of nitriles is 1. The summed E-state index contributed by atoms with van der Waals surface area (Å²) in [6.45, 7) is 1.87. The van der Waals surface area contributed by atoms with Gasteiger partial charge in [0.2, 0.25) is 0 Å². The van der Waals surface area contributed by atoms with Crippen molar-refractivity contribution in [3.8, 4) is 6.07 Å². The molecule has 0 amide bonds. The van der Waals surface area contributed by atoms with Gasteiger partial charge in [-0.2, -0.15) is 5.26 Å². The Bertz CT molecular complexity index is 644. The summed E-state index contributed by atoms with van der Waals surface area (Å²) in [5.74, 6) is -1.02. The second-order valence-electron chi connectivity index (χ2n) is 4.30. The van der Waals surface area contributed by atoms with Gasteiger partial charge < -0.3 is 0 Å². The van der Waals surface area contributed by atoms with Crippen molar-refractivity contribution < 1.29 is 4.79 Å². The molecule has 2 rings (SSSR count). The van der Waals surface area contributed by atoms with Gasteiger partial charge in [-0.3, -0.25) is 4.79 Å². The molecule has 19 heavy (non-hydrogen) atoms. The van der Waals surface area contributed by atoms with Gasteiger partial charge in [-0.25, -0.2) is 0 Å². The summed E-state index contributed by atoms with van der Waals surface area (Å²) in [7, 11) is 0. The highest BCUT2D eigenvalue weighted by Gasteiger charge is 2.21. The average molecular weight is 270 g/mol. The molecule has 0 aliphatic carbocycles. The topological polar surface area (TPSA) is 40.9 Å². The number of Topliss-reactive ketones (excluding diaryl/α,β-unsaturated/α-hetero) is 1. The van der Waals surface area contributed by atoms with E-state index in [9.17, 15) is 10.1 Å². The summed E-state index contributed by atoms with van der Waals surface area (Å²) in [6.07, 6.45) is 0. The molecular weight excluding hydrogens is 258 g/mol. The molecule has 0 heterocycles. The SMILES string of the molecule is Cc1ccc(C(=O)C(C#N)c2ccccc2)cc1Cl. The summed E-state index contributed by atoms with van der Waals surface area (Å²) in [5.41, 5.74) is 2.07. The number of hydrogen-bond acceptors (Lipinski definition) is 2. The van der Waals surface area contributed by atoms with Crippen molar-refractivity contribution in [1.29, 1.82) is 5.26 Å². The lowest BCUT2D eigenvalue weighted by Gasteiger charge is -2.09. The van der Waals surface area contributed by atoms with Crippen molar-refractivity contribution in [1.82, 2.24) is 0 Å². The van der Waals surface area contributed by atoms with Crippen LogP contribution in [0.25, 0.3) is 0 Å². The molecule has 1 unspecified atom stereocenters. The molecule has 0 saturated heterocycles. The molecule has 2 nitrogen and oxygen atoms in total. The standard InChI is InChI=1S/C16H12ClNO/c1-11-7-8-13(9-15(11)17)16(19)14(10-18)12-5-3-2-4-6-12/h2-9,14H,1H3. The van der Waals surface area contributed by atoms with E-state index >= 15 is 0 Å². The third-order valence-corrected chi connectivity index (χ3v) is 3.39. The van der Waals surface area contributed by atoms with E-state index in [1.807, 2.05) is 25.1 Å². The molecule has 0 bridgehead atoms. The second-order valence-corrected chi connectivity index (χ2v) is 4.71. The van der Waals surface area contributed by atoms with E-state index in [-0.39, 0.29) is 5.78 Å². The van der Waals surface area contributed by atoms with E-state index in [1.165, 1.54) is 0 Å². The lowest BCUT2D eigenvalue weighted by Crippen LogP contribution is -2.11. The van der Waals surface area contributed by atoms with Gasteiger partial charge in [-0.1, -0.05) is 54.1 Å². The molecule has 0 saturated carbocycles. The largest absolute Gasteiger partial charge is 0.292 e. The quantitative estimate of drug-likeness (QED) is 0.786. The normalized spacial score (nSPS) is 11.6. The summed E-state index contributed by atoms with van der Waals surface area (Å²) in [4.78, 5) is 12.4. The lowest BCUT2D eigenvalue weighted by atomic mass is 9.91. The first-order chi connectivity index (χ1) is 9.13. The first-order valence-electron chi connectivity index (χ1n) is 5.88. The highest BCUT2D eigenvalue weighted by molar-refractivity contribution is 6.31. The fourth-order valence-corrected chi connectivity index (χ4v) is 2.02. The Kier molecular flexibility index (Phi) is 3.99. The maximum absolute atomic E-state index is 12.4. The predicted octanol–water partition coefficient (Wildman–Crippen LogP) is 4.14. The van der Waals surface area contributed by atoms with Gasteiger partial charge in [0.05, 0.1) is 6.07 Å². The second kappa shape index (κ2) is 5.69. The molecule has 3 heteroatoms. The van der Waals surface area contributed by atoms with Crippen LogP contribution in [0.1, 0.15) is 27.4 Å². The first-order valence-corrected chi connectivity index (χ1v) is 6.26. The van der Waals surface area contributed by atoms with Crippen molar-refractivity contribution in [2.45, 2.75) is 12.8 Å². The molecular formula is C16H12ClNO. The number of hydrogen-bond donors (Lipinski definition) is 0. The van der Waals surface area contributed by atoms with Gasteiger partial charge in [-0.05, 0) is 24.1 Å². The van der Waals surface area contributed by atoms with Gasteiger partial charge >= 0.3 is 0 Å². The third-order valence-electron chi connectivity index (χ3n) is 2.98. The minimum absolute atomic E-state index is 0.226. The van der Waals surface area contributed by atoms with Crippen LogP contribution in [0.4, 0.5) is 0 Å². The fraction of sp³-hybridized carbons (Fsp3) is 0.125. The van der Waals surface area contributed by atoms with Gasteiger partial charge in [-0.15, -0.1) is 0 Å². The number of carbonyl (C=O) groups excluding carboxylic acids is 1. The minimum atomic E-state index is -0.792. The van der Waals surface area contributed by atoms with Gasteiger partial charge in [0.25, 0.3) is 0 Å². The molecule has 0 aliphatic heterocycles. The monoisotopic (exact) mass is 269 g/mol. The Balaban J connectivity index is 2.37. The smallest absolute Gasteiger partial charge is 0.184 e. The zero-order chi connectivity index (χ0) is 13.8. The number of aryl methyl sites for hydroxylation is 1. The van der Waals surface area contributed by atoms with Crippen molar-refractivity contribution in [2.24, 2.45) is 0 Å². The Morgan fingerprint density at radius 1 is 1.21 bits per heavy atom. The Morgan fingerprint density at radius 2 is 1.89 bits per heavy atom. The Morgan fingerprint density at radius 3 is 2.47 bits per heavy atom. The van der Waals surface area contributed by atoms with Crippen molar-refractivity contribution in [3.63, 3.8) is 0 Å². The Labute approximate surface area is 117 Å². The van der Waals surface area contributed by atoms with E-state index < -0.39 is 5.92 Å². The number of nitrogens with zero attached hydrogens (tertiary/aromatic N) is 1. The molecule has 0 N–H and O–H groups in total. The van der Waals surface area contributed by atoms with Crippen LogP contribution in [0.2, 0.25) is 5.02 Å². The van der Waals surface area contributed by atoms with Crippen LogP contribution in [-0.2, 0) is 0 Å². The molecule has 2 aromatic rings.